The fourth-order valence-electron chi connectivity index (χ4n) is 3.84. The Morgan fingerprint density at radius 2 is 1.70 bits per heavy atom. The number of hydrogen-bond acceptors (Lipinski definition) is 6. The lowest BCUT2D eigenvalue weighted by Gasteiger charge is -2.20. The van der Waals surface area contributed by atoms with Gasteiger partial charge >= 0.3 is 0 Å². The number of amides is 2. The van der Waals surface area contributed by atoms with E-state index < -0.39 is 0 Å². The fourth-order valence-corrected chi connectivity index (χ4v) is 5.68. The average Bonchev–Trinajstić information content (AvgIpc) is 3.55. The maximum atomic E-state index is 13.3. The standard InChI is InChI=1S/C23H20N2O3S2/c26-22-20(19-6-4-14-29-19)21(30-15-18-5-3-13-28-18)23(27)25(22)17-9-7-16(8-10-17)24-11-1-2-12-24/h3-10,13-14H,1-2,11-12,15H2. The van der Waals surface area contributed by atoms with Crippen molar-refractivity contribution in [1.82, 2.24) is 0 Å². The fraction of sp³-hybridized carbons (Fsp3) is 0.217. The number of nitrogens with zero attached hydrogens (tertiary/aromatic N) is 2. The number of furan rings is 1. The second-order valence-corrected chi connectivity index (χ2v) is 9.14. The van der Waals surface area contributed by atoms with Crippen LogP contribution in [0.25, 0.3) is 5.57 Å². The summed E-state index contributed by atoms with van der Waals surface area (Å²) in [6, 6.07) is 15.2. The molecule has 0 bridgehead atoms. The molecule has 1 fully saturated rings. The van der Waals surface area contributed by atoms with Crippen molar-refractivity contribution in [2.45, 2.75) is 18.6 Å². The third kappa shape index (κ3) is 3.48. The van der Waals surface area contributed by atoms with Crippen molar-refractivity contribution in [3.05, 3.63) is 75.7 Å². The van der Waals surface area contributed by atoms with E-state index in [0.717, 1.165) is 29.4 Å². The van der Waals surface area contributed by atoms with Gasteiger partial charge in [0, 0.05) is 23.7 Å². The molecule has 30 heavy (non-hydrogen) atoms. The molecule has 5 rings (SSSR count). The van der Waals surface area contributed by atoms with Crippen LogP contribution in [0, 0.1) is 0 Å². The maximum absolute atomic E-state index is 13.3. The van der Waals surface area contributed by atoms with Crippen LogP contribution in [-0.4, -0.2) is 24.9 Å². The third-order valence-corrected chi connectivity index (χ3v) is 7.31. The first-order chi connectivity index (χ1) is 14.7. The number of hydrogen-bond donors (Lipinski definition) is 0. The maximum Gasteiger partial charge on any atom is 0.272 e. The van der Waals surface area contributed by atoms with Crippen LogP contribution < -0.4 is 9.80 Å². The molecule has 0 radical (unpaired) electrons. The van der Waals surface area contributed by atoms with Crippen LogP contribution in [0.3, 0.4) is 0 Å². The average molecular weight is 437 g/mol. The quantitative estimate of drug-likeness (QED) is 0.500. The number of thioether (sulfide) groups is 1. The largest absolute Gasteiger partial charge is 0.468 e. The van der Waals surface area contributed by atoms with E-state index in [9.17, 15) is 9.59 Å². The monoisotopic (exact) mass is 436 g/mol. The lowest BCUT2D eigenvalue weighted by molar-refractivity contribution is -0.119. The van der Waals surface area contributed by atoms with Crippen LogP contribution in [0.4, 0.5) is 11.4 Å². The topological polar surface area (TPSA) is 53.8 Å². The molecule has 0 spiro atoms. The molecule has 1 saturated heterocycles. The summed E-state index contributed by atoms with van der Waals surface area (Å²) < 4.78 is 5.40. The molecule has 0 N–H and O–H groups in total. The molecule has 0 saturated carbocycles. The van der Waals surface area contributed by atoms with Crippen LogP contribution >= 0.6 is 23.1 Å². The van der Waals surface area contributed by atoms with Gasteiger partial charge < -0.3 is 9.32 Å². The summed E-state index contributed by atoms with van der Waals surface area (Å²) in [5.41, 5.74) is 2.22. The van der Waals surface area contributed by atoms with Gasteiger partial charge in [-0.15, -0.1) is 23.1 Å². The van der Waals surface area contributed by atoms with Crippen molar-refractivity contribution in [3.63, 3.8) is 0 Å². The predicted octanol–water partition coefficient (Wildman–Crippen LogP) is 5.16. The Morgan fingerprint density at radius 3 is 2.37 bits per heavy atom. The van der Waals surface area contributed by atoms with Crippen LogP contribution in [0.5, 0.6) is 0 Å². The highest BCUT2D eigenvalue weighted by Crippen LogP contribution is 2.41. The second-order valence-electron chi connectivity index (χ2n) is 7.21. The first-order valence-electron chi connectivity index (χ1n) is 9.89. The van der Waals surface area contributed by atoms with Crippen LogP contribution in [0.2, 0.25) is 0 Å². The van der Waals surface area contributed by atoms with Crippen LogP contribution in [-0.2, 0) is 15.3 Å². The number of anilines is 2. The molecule has 7 heteroatoms. The number of thiophene rings is 1. The number of carbonyl (C=O) groups is 2. The van der Waals surface area contributed by atoms with Crippen molar-refractivity contribution < 1.29 is 14.0 Å². The minimum absolute atomic E-state index is 0.265. The normalized spacial score (nSPS) is 16.9. The van der Waals surface area contributed by atoms with Crippen molar-refractivity contribution in [1.29, 1.82) is 0 Å². The van der Waals surface area contributed by atoms with E-state index in [2.05, 4.69) is 4.90 Å². The van der Waals surface area contributed by atoms with Crippen molar-refractivity contribution >= 4 is 51.9 Å². The Kier molecular flexibility index (Phi) is 5.23. The van der Waals surface area contributed by atoms with Crippen molar-refractivity contribution in [2.24, 2.45) is 0 Å². The van der Waals surface area contributed by atoms with E-state index in [1.54, 1.807) is 6.26 Å². The van der Waals surface area contributed by atoms with Gasteiger partial charge in [-0.1, -0.05) is 6.07 Å². The molecule has 2 aliphatic heterocycles. The molecule has 1 aromatic carbocycles. The molecule has 0 unspecified atom stereocenters. The van der Waals surface area contributed by atoms with Crippen LogP contribution in [0.1, 0.15) is 23.5 Å². The van der Waals surface area contributed by atoms with E-state index in [1.807, 2.05) is 53.9 Å². The zero-order chi connectivity index (χ0) is 20.5. The summed E-state index contributed by atoms with van der Waals surface area (Å²) in [6.45, 7) is 2.11. The molecule has 2 aromatic heterocycles. The zero-order valence-corrected chi connectivity index (χ0v) is 17.9. The lowest BCUT2D eigenvalue weighted by Crippen LogP contribution is -2.31. The van der Waals surface area contributed by atoms with Gasteiger partial charge in [0.05, 0.1) is 28.2 Å². The van der Waals surface area contributed by atoms with E-state index >= 15 is 0 Å². The minimum Gasteiger partial charge on any atom is -0.468 e. The molecule has 5 nitrogen and oxygen atoms in total. The Bertz CT molecular complexity index is 1080. The third-order valence-electron chi connectivity index (χ3n) is 5.33. The Morgan fingerprint density at radius 1 is 0.933 bits per heavy atom. The van der Waals surface area contributed by atoms with Gasteiger partial charge in [-0.3, -0.25) is 9.59 Å². The number of imide groups is 1. The number of benzene rings is 1. The molecule has 3 aromatic rings. The summed E-state index contributed by atoms with van der Waals surface area (Å²) in [7, 11) is 0. The van der Waals surface area contributed by atoms with Crippen molar-refractivity contribution in [3.8, 4) is 0 Å². The lowest BCUT2D eigenvalue weighted by atomic mass is 10.2. The number of carbonyl (C=O) groups excluding carboxylic acids is 2. The number of rotatable bonds is 6. The van der Waals surface area contributed by atoms with Gasteiger partial charge in [0.2, 0.25) is 0 Å². The highest BCUT2D eigenvalue weighted by Gasteiger charge is 2.40. The van der Waals surface area contributed by atoms with Gasteiger partial charge in [-0.05, 0) is 60.7 Å². The second kappa shape index (κ2) is 8.16. The van der Waals surface area contributed by atoms with Crippen LogP contribution in [0.15, 0.2) is 69.5 Å². The van der Waals surface area contributed by atoms with E-state index in [4.69, 9.17) is 4.42 Å². The summed E-state index contributed by atoms with van der Waals surface area (Å²) in [5, 5.41) is 1.92. The highest BCUT2D eigenvalue weighted by molar-refractivity contribution is 8.03. The first kappa shape index (κ1) is 19.2. The summed E-state index contributed by atoms with van der Waals surface area (Å²) in [6.07, 6.45) is 4.02. The van der Waals surface area contributed by atoms with Gasteiger partial charge in [-0.25, -0.2) is 4.90 Å². The molecule has 0 aliphatic carbocycles. The smallest absolute Gasteiger partial charge is 0.272 e. The van der Waals surface area contributed by atoms with E-state index in [0.29, 0.717) is 21.9 Å². The zero-order valence-electron chi connectivity index (χ0n) is 16.2. The van der Waals surface area contributed by atoms with E-state index in [-0.39, 0.29) is 11.8 Å². The molecule has 2 amide bonds. The summed E-state index contributed by atoms with van der Waals surface area (Å²) in [4.78, 5) is 31.6. The van der Waals surface area contributed by atoms with Crippen molar-refractivity contribution in [2.75, 3.05) is 22.9 Å². The summed E-state index contributed by atoms with van der Waals surface area (Å²) in [5.74, 6) is 0.733. The van der Waals surface area contributed by atoms with Gasteiger partial charge in [-0.2, -0.15) is 0 Å². The molecule has 4 heterocycles. The molecular formula is C23H20N2O3S2. The van der Waals surface area contributed by atoms with Gasteiger partial charge in [0.1, 0.15) is 5.76 Å². The molecular weight excluding hydrogens is 416 g/mol. The van der Waals surface area contributed by atoms with Gasteiger partial charge in [0.15, 0.2) is 0 Å². The van der Waals surface area contributed by atoms with E-state index in [1.165, 1.54) is 40.8 Å². The summed E-state index contributed by atoms with van der Waals surface area (Å²) >= 11 is 2.82. The predicted molar refractivity (Wildman–Crippen MR) is 122 cm³/mol. The Hall–Kier alpha value is -2.77. The highest BCUT2D eigenvalue weighted by atomic mass is 32.2. The molecule has 2 aliphatic rings. The van der Waals surface area contributed by atoms with Gasteiger partial charge in [0.25, 0.3) is 11.8 Å². The Balaban J connectivity index is 1.44. The minimum atomic E-state index is -0.270. The SMILES string of the molecule is O=C1C(SCc2ccco2)=C(c2cccs2)C(=O)N1c1ccc(N2CCCC2)cc1. The Labute approximate surface area is 183 Å². The molecule has 152 valence electrons. The molecule has 0 atom stereocenters. The first-order valence-corrected chi connectivity index (χ1v) is 11.8.